The van der Waals surface area contributed by atoms with Crippen LogP contribution in [0.15, 0.2) is 113 Å². The zero-order valence-corrected chi connectivity index (χ0v) is 24.5. The normalized spacial score (nSPS) is 11.4. The number of hydrogen-bond donors (Lipinski definition) is 2. The molecule has 0 spiro atoms. The Morgan fingerprint density at radius 1 is 0.857 bits per heavy atom. The smallest absolute Gasteiger partial charge is 0.250 e. The van der Waals surface area contributed by atoms with Crippen molar-refractivity contribution in [1.29, 1.82) is 0 Å². The van der Waals surface area contributed by atoms with Crippen LogP contribution in [0.3, 0.4) is 0 Å². The number of halogens is 2. The number of hydrazone groups is 1. The summed E-state index contributed by atoms with van der Waals surface area (Å²) in [6.07, 6.45) is 1.70. The molecule has 0 atom stereocenters. The molecule has 0 aliphatic rings. The Balaban J connectivity index is 1.20. The van der Waals surface area contributed by atoms with Gasteiger partial charge < -0.3 is 5.32 Å². The molecular weight excluding hydrogens is 587 g/mol. The lowest BCUT2D eigenvalue weighted by Gasteiger charge is -2.13. The molecule has 0 saturated carbocycles. The molecule has 0 radical (unpaired) electrons. The van der Waals surface area contributed by atoms with Crippen LogP contribution >= 0.6 is 35.0 Å². The van der Waals surface area contributed by atoms with E-state index >= 15 is 0 Å². The highest BCUT2D eigenvalue weighted by Gasteiger charge is 2.18. The summed E-state index contributed by atoms with van der Waals surface area (Å²) in [4.78, 5) is 12.9. The number of amides is 1. The van der Waals surface area contributed by atoms with Crippen molar-refractivity contribution in [1.82, 2.24) is 20.2 Å². The third-order valence-corrected chi connectivity index (χ3v) is 8.07. The van der Waals surface area contributed by atoms with Crippen LogP contribution in [0.2, 0.25) is 10.0 Å². The SMILES string of the molecule is O=C(CSc1nnc(CNc2ccccc2)n1-c1ccc(Cl)cc1Cl)NN=Cc1c2ccccc2cc2ccccc12. The van der Waals surface area contributed by atoms with Crippen LogP contribution in [0.4, 0.5) is 5.69 Å². The molecule has 6 aromatic rings. The molecule has 0 fully saturated rings. The van der Waals surface area contributed by atoms with Crippen LogP contribution < -0.4 is 10.7 Å². The fraction of sp³-hybridized carbons (Fsp3) is 0.0625. The van der Waals surface area contributed by atoms with Crippen LogP contribution in [0, 0.1) is 0 Å². The van der Waals surface area contributed by atoms with Gasteiger partial charge in [-0.25, -0.2) is 5.43 Å². The molecule has 5 aromatic carbocycles. The van der Waals surface area contributed by atoms with E-state index in [4.69, 9.17) is 23.2 Å². The molecule has 42 heavy (non-hydrogen) atoms. The van der Waals surface area contributed by atoms with Crippen LogP contribution in [-0.2, 0) is 11.3 Å². The number of hydrogen-bond acceptors (Lipinski definition) is 6. The van der Waals surface area contributed by atoms with E-state index in [1.807, 2.05) is 65.2 Å². The summed E-state index contributed by atoms with van der Waals surface area (Å²) in [5, 5.41) is 22.2. The first-order valence-corrected chi connectivity index (χ1v) is 14.8. The highest BCUT2D eigenvalue weighted by molar-refractivity contribution is 7.99. The molecule has 1 amide bonds. The van der Waals surface area contributed by atoms with Gasteiger partial charge in [0, 0.05) is 16.3 Å². The number of thioether (sulfide) groups is 1. The Hall–Kier alpha value is -4.37. The fourth-order valence-electron chi connectivity index (χ4n) is 4.67. The highest BCUT2D eigenvalue weighted by Crippen LogP contribution is 2.30. The molecule has 0 saturated heterocycles. The summed E-state index contributed by atoms with van der Waals surface area (Å²) in [7, 11) is 0. The van der Waals surface area contributed by atoms with E-state index in [9.17, 15) is 4.79 Å². The van der Waals surface area contributed by atoms with Gasteiger partial charge in [0.1, 0.15) is 0 Å². The second kappa shape index (κ2) is 12.7. The number of carbonyl (C=O) groups excluding carboxylic acids is 1. The molecule has 0 aliphatic carbocycles. The Bertz CT molecular complexity index is 1870. The summed E-state index contributed by atoms with van der Waals surface area (Å²) in [5.41, 5.74) is 5.22. The molecule has 7 nitrogen and oxygen atoms in total. The summed E-state index contributed by atoms with van der Waals surface area (Å²) in [5.74, 6) is 0.427. The molecule has 6 rings (SSSR count). The maximum atomic E-state index is 12.9. The minimum absolute atomic E-state index is 0.0725. The maximum Gasteiger partial charge on any atom is 0.250 e. The van der Waals surface area contributed by atoms with Gasteiger partial charge in [0.05, 0.1) is 29.2 Å². The molecule has 10 heteroatoms. The van der Waals surface area contributed by atoms with Crippen LogP contribution in [0.5, 0.6) is 0 Å². The maximum absolute atomic E-state index is 12.9. The van der Waals surface area contributed by atoms with Gasteiger partial charge in [-0.3, -0.25) is 9.36 Å². The molecule has 1 heterocycles. The Morgan fingerprint density at radius 2 is 1.55 bits per heavy atom. The van der Waals surface area contributed by atoms with Crippen molar-refractivity contribution < 1.29 is 4.79 Å². The quantitative estimate of drug-likeness (QED) is 0.0757. The van der Waals surface area contributed by atoms with Crippen molar-refractivity contribution >= 4 is 74.3 Å². The zero-order chi connectivity index (χ0) is 28.9. The van der Waals surface area contributed by atoms with Crippen molar-refractivity contribution in [3.05, 3.63) is 125 Å². The summed E-state index contributed by atoms with van der Waals surface area (Å²) in [6, 6.07) is 33.4. The second-order valence-corrected chi connectivity index (χ2v) is 11.2. The Kier molecular flexibility index (Phi) is 8.37. The third kappa shape index (κ3) is 6.11. The molecule has 208 valence electrons. The van der Waals surface area contributed by atoms with Gasteiger partial charge in [-0.15, -0.1) is 10.2 Å². The summed E-state index contributed by atoms with van der Waals surface area (Å²) >= 11 is 14.0. The monoisotopic (exact) mass is 610 g/mol. The Morgan fingerprint density at radius 3 is 2.26 bits per heavy atom. The predicted molar refractivity (Wildman–Crippen MR) is 173 cm³/mol. The van der Waals surface area contributed by atoms with Gasteiger partial charge in [0.25, 0.3) is 5.91 Å². The molecule has 0 unspecified atom stereocenters. The van der Waals surface area contributed by atoms with Gasteiger partial charge in [0.2, 0.25) is 0 Å². The highest BCUT2D eigenvalue weighted by atomic mass is 35.5. The number of aromatic nitrogens is 3. The standard InChI is InChI=1S/C32H24Cl2N6OS/c33-23-14-15-29(28(34)17-23)40-30(19-35-24-10-2-1-3-11-24)37-39-32(40)42-20-31(41)38-36-18-27-25-12-6-4-8-21(25)16-22-9-5-7-13-26(22)27/h1-18,35H,19-20H2,(H,38,41). The molecular formula is C32H24Cl2N6OS. The summed E-state index contributed by atoms with van der Waals surface area (Å²) < 4.78 is 1.83. The predicted octanol–water partition coefficient (Wildman–Crippen LogP) is 7.74. The lowest BCUT2D eigenvalue weighted by atomic mass is 9.97. The van der Waals surface area contributed by atoms with E-state index in [2.05, 4.69) is 56.4 Å². The minimum atomic E-state index is -0.276. The third-order valence-electron chi connectivity index (χ3n) is 6.60. The average molecular weight is 612 g/mol. The zero-order valence-electron chi connectivity index (χ0n) is 22.2. The molecule has 2 N–H and O–H groups in total. The molecule has 0 aliphatic heterocycles. The Labute approximate surface area is 256 Å². The van der Waals surface area contributed by atoms with Crippen molar-refractivity contribution in [2.45, 2.75) is 11.7 Å². The fourth-order valence-corrected chi connectivity index (χ4v) is 5.92. The molecule has 0 bridgehead atoms. The van der Waals surface area contributed by atoms with Gasteiger partial charge in [-0.05, 0) is 57.9 Å². The average Bonchev–Trinajstić information content (AvgIpc) is 3.41. The van der Waals surface area contributed by atoms with Crippen molar-refractivity contribution in [3.63, 3.8) is 0 Å². The largest absolute Gasteiger partial charge is 0.378 e. The van der Waals surface area contributed by atoms with E-state index in [0.717, 1.165) is 32.8 Å². The number of nitrogens with zero attached hydrogens (tertiary/aromatic N) is 4. The number of fused-ring (bicyclic) bond motifs is 2. The van der Waals surface area contributed by atoms with E-state index in [1.165, 1.54) is 11.8 Å². The van der Waals surface area contributed by atoms with E-state index in [-0.39, 0.29) is 11.7 Å². The van der Waals surface area contributed by atoms with Crippen LogP contribution in [0.1, 0.15) is 11.4 Å². The second-order valence-electron chi connectivity index (χ2n) is 9.36. The number of carbonyl (C=O) groups is 1. The first-order chi connectivity index (χ1) is 20.6. The van der Waals surface area contributed by atoms with E-state index < -0.39 is 0 Å². The van der Waals surface area contributed by atoms with Crippen molar-refractivity contribution in [3.8, 4) is 5.69 Å². The number of nitrogens with one attached hydrogen (secondary N) is 2. The van der Waals surface area contributed by atoms with Gasteiger partial charge in [0.15, 0.2) is 11.0 Å². The topological polar surface area (TPSA) is 84.2 Å². The van der Waals surface area contributed by atoms with Crippen molar-refractivity contribution in [2.24, 2.45) is 5.10 Å². The van der Waals surface area contributed by atoms with Gasteiger partial charge >= 0.3 is 0 Å². The number of para-hydroxylation sites is 1. The number of anilines is 1. The lowest BCUT2D eigenvalue weighted by molar-refractivity contribution is -0.118. The summed E-state index contributed by atoms with van der Waals surface area (Å²) in [6.45, 7) is 0.395. The molecule has 1 aromatic heterocycles. The first-order valence-electron chi connectivity index (χ1n) is 13.1. The lowest BCUT2D eigenvalue weighted by Crippen LogP contribution is -2.20. The minimum Gasteiger partial charge on any atom is -0.378 e. The number of rotatable bonds is 9. The number of benzene rings is 5. The van der Waals surface area contributed by atoms with Gasteiger partial charge in [-0.2, -0.15) is 5.10 Å². The van der Waals surface area contributed by atoms with Crippen LogP contribution in [0.25, 0.3) is 27.2 Å². The van der Waals surface area contributed by atoms with Crippen molar-refractivity contribution in [2.75, 3.05) is 11.1 Å². The van der Waals surface area contributed by atoms with E-state index in [1.54, 1.807) is 18.3 Å². The van der Waals surface area contributed by atoms with E-state index in [0.29, 0.717) is 33.3 Å². The first kappa shape index (κ1) is 27.8. The van der Waals surface area contributed by atoms with Crippen LogP contribution in [-0.4, -0.2) is 32.6 Å². The van der Waals surface area contributed by atoms with Gasteiger partial charge in [-0.1, -0.05) is 102 Å².